The molecule has 4 heterocycles. The molecule has 4 aliphatic carbocycles. The average Bonchev–Trinajstić information content (AvgIpc) is 4.19. The molecule has 8 unspecified atom stereocenters. The van der Waals surface area contributed by atoms with Crippen molar-refractivity contribution < 1.29 is 139 Å². The van der Waals surface area contributed by atoms with Crippen molar-refractivity contribution in [2.24, 2.45) is 22.7 Å². The summed E-state index contributed by atoms with van der Waals surface area (Å²) in [4.78, 5) is 49.4. The Morgan fingerprint density at radius 1 is 0.708 bits per heavy atom. The van der Waals surface area contributed by atoms with Gasteiger partial charge in [0.1, 0.15) is 41.9 Å². The van der Waals surface area contributed by atoms with Crippen molar-refractivity contribution in [1.82, 2.24) is 14.5 Å². The molecule has 4 saturated carbocycles. The number of nitrogens with zero attached hydrogens (tertiary/aromatic N) is 3. The summed E-state index contributed by atoms with van der Waals surface area (Å²) in [5, 5.41) is 18.6. The Labute approximate surface area is 440 Å². The third-order valence-corrected chi connectivity index (χ3v) is 14.3. The number of carboxylic acids is 1. The van der Waals surface area contributed by atoms with Crippen LogP contribution in [0, 0.1) is 142 Å². The number of hydrogen-bond acceptors (Lipinski definition) is 6. The van der Waals surface area contributed by atoms with Crippen LogP contribution >= 0.6 is 0 Å². The minimum absolute atomic E-state index is 0. The summed E-state index contributed by atoms with van der Waals surface area (Å²) in [6.07, 6.45) is 2.51. The van der Waals surface area contributed by atoms with Crippen LogP contribution in [0.3, 0.4) is 0 Å². The molecule has 2 aliphatic heterocycles. The summed E-state index contributed by atoms with van der Waals surface area (Å²) in [6, 6.07) is -1.40. The Kier molecular flexibility index (Phi) is 15.0. The van der Waals surface area contributed by atoms with Crippen LogP contribution in [-0.4, -0.2) is 82.2 Å². The molecule has 2 radical (unpaired) electrons. The number of nitrogens with one attached hydrogen (secondary N) is 3. The van der Waals surface area contributed by atoms with Gasteiger partial charge in [0, 0.05) is 173 Å². The van der Waals surface area contributed by atoms with Crippen LogP contribution in [0.2, 0.25) is 0 Å². The first-order valence-electron chi connectivity index (χ1n) is 20.9. The summed E-state index contributed by atoms with van der Waals surface area (Å²) < 4.78 is 101. The molecule has 21 heteroatoms. The second kappa shape index (κ2) is 18.8. The number of pyridine rings is 2. The molecule has 2 aromatic heterocycles. The standard InChI is InChI=1S/C22H24F3N3O3.C14H11F3N2O3.C8H14FN.2Ac/c1-9-18-15(20(29)10(21(30)31)6-28(18)14-5-12(14)23)17(26)16(25)19(9)27-7-11(13(24)8-27)22(2)3-4-22;1-4-9(16)10(17)11(18)8-12(4)19(7-2-6(7)15)3-5(13(8)20)14(21)22;1-8(2-3-8)6-4-10-5-7(6)9;;/h6,11-14H,3-5,7-8H2,1-2H3,(H3,26,29,30,31);3,6-7H,2H2,1H3,(H3,18,20,21,22);6-7,10H,2-5H2,1H3;;/p-1. The number of carbonyl (C=O) groups excluding carboxylic acids is 1. The summed E-state index contributed by atoms with van der Waals surface area (Å²) in [7, 11) is 0. The largest absolute Gasteiger partial charge is 0.696 e. The summed E-state index contributed by atoms with van der Waals surface area (Å²) in [5.41, 5.74) is 11.4. The van der Waals surface area contributed by atoms with E-state index in [-0.39, 0.29) is 147 Å². The molecular weight excluding hydrogens is 1300 g/mol. The van der Waals surface area contributed by atoms with E-state index in [1.165, 1.54) is 24.3 Å². The van der Waals surface area contributed by atoms with Gasteiger partial charge < -0.3 is 41.0 Å². The second-order valence-electron chi connectivity index (χ2n) is 18.7. The predicted molar refractivity (Wildman–Crippen MR) is 222 cm³/mol. The molecule has 10 rings (SSSR count). The fourth-order valence-corrected chi connectivity index (χ4v) is 9.65. The van der Waals surface area contributed by atoms with E-state index in [0.29, 0.717) is 30.0 Å². The van der Waals surface area contributed by atoms with E-state index in [1.807, 2.05) is 6.92 Å². The van der Waals surface area contributed by atoms with Gasteiger partial charge in [0.15, 0.2) is 11.4 Å². The maximum Gasteiger partial charge on any atom is 0.554 e. The second-order valence-corrected chi connectivity index (χ2v) is 18.7. The number of aryl methyl sites for hydroxylation is 2. The van der Waals surface area contributed by atoms with Crippen LogP contribution < -0.4 is 21.1 Å². The van der Waals surface area contributed by atoms with Crippen molar-refractivity contribution in [3.63, 3.8) is 0 Å². The Bertz CT molecular complexity index is 2730. The molecule has 0 spiro atoms. The third kappa shape index (κ3) is 9.26. The smallest absolute Gasteiger partial charge is 0.554 e. The van der Waals surface area contributed by atoms with Gasteiger partial charge in [0.2, 0.25) is 10.9 Å². The van der Waals surface area contributed by atoms with Crippen LogP contribution in [-0.2, 0) is 0 Å². The number of aromatic nitrogens is 2. The summed E-state index contributed by atoms with van der Waals surface area (Å²) >= 11 is 0. The molecule has 65 heavy (non-hydrogen) atoms. The zero-order valence-corrected chi connectivity index (χ0v) is 45.6. The van der Waals surface area contributed by atoms with Crippen LogP contribution in [0.15, 0.2) is 22.0 Å². The van der Waals surface area contributed by atoms with Crippen molar-refractivity contribution in [3.05, 3.63) is 84.0 Å². The van der Waals surface area contributed by atoms with E-state index >= 15 is 4.39 Å². The normalized spacial score (nSPS) is 27.4. The first-order valence-corrected chi connectivity index (χ1v) is 20.9. The van der Waals surface area contributed by atoms with Crippen molar-refractivity contribution >= 4 is 50.8 Å². The van der Waals surface area contributed by atoms with E-state index in [4.69, 9.17) is 21.7 Å². The van der Waals surface area contributed by atoms with Crippen molar-refractivity contribution in [3.8, 4) is 0 Å². The molecule has 8 atom stereocenters. The molecular formula is C44H48Ac2F7N6O6-. The maximum absolute atomic E-state index is 15.4. The molecule has 0 bridgehead atoms. The SMILES string of the molecule is CC1(C2CNCC2F)CC1.Cc1c(F)c(F)c([NH-])c2c(=O)c(C(=O)O)cn(C3CC3F)c12.Cc1c(N2CC(F)C(C3(C)CC3)C2)c(F)c([NH-])c2c(=O)c(C(=O)[OH2+])cn(C3CC3F)c12.[Ac].[Ac]. The molecule has 12 nitrogen and oxygen atoms in total. The molecule has 346 valence electrons. The van der Waals surface area contributed by atoms with Crippen molar-refractivity contribution in [2.75, 3.05) is 31.1 Å². The number of fused-ring (bicyclic) bond motifs is 2. The van der Waals surface area contributed by atoms with E-state index < -0.39 is 105 Å². The van der Waals surface area contributed by atoms with E-state index in [2.05, 4.69) is 12.2 Å². The summed E-state index contributed by atoms with van der Waals surface area (Å²) in [5.74, 6) is -6.54. The van der Waals surface area contributed by atoms with Crippen LogP contribution in [0.25, 0.3) is 33.3 Å². The van der Waals surface area contributed by atoms with Gasteiger partial charge in [0.05, 0.1) is 28.8 Å². The molecule has 2 aromatic carbocycles. The van der Waals surface area contributed by atoms with Gasteiger partial charge in [-0.25, -0.2) is 35.5 Å². The van der Waals surface area contributed by atoms with Crippen LogP contribution in [0.5, 0.6) is 0 Å². The molecule has 4 aromatic rings. The van der Waals surface area contributed by atoms with Gasteiger partial charge in [-0.3, -0.25) is 9.59 Å². The Morgan fingerprint density at radius 3 is 1.62 bits per heavy atom. The zero-order valence-electron chi connectivity index (χ0n) is 36.1. The number of rotatable bonds is 7. The van der Waals surface area contributed by atoms with Crippen LogP contribution in [0.1, 0.15) is 96.3 Å². The number of halogens is 7. The van der Waals surface area contributed by atoms with Crippen molar-refractivity contribution in [1.29, 1.82) is 0 Å². The predicted octanol–water partition coefficient (Wildman–Crippen LogP) is 8.45. The fourth-order valence-electron chi connectivity index (χ4n) is 9.65. The first kappa shape index (κ1) is 51.9. The number of carbonyl (C=O) groups is 2. The van der Waals surface area contributed by atoms with E-state index in [9.17, 15) is 45.5 Å². The number of hydrogen-bond donors (Lipinski definition) is 2. The number of anilines is 1. The molecule has 0 amide bonds. The van der Waals surface area contributed by atoms with E-state index in [0.717, 1.165) is 36.3 Å². The van der Waals surface area contributed by atoms with Gasteiger partial charge in [-0.2, -0.15) is 0 Å². The topological polar surface area (TPSA) is 184 Å². The van der Waals surface area contributed by atoms with Crippen molar-refractivity contribution in [2.45, 2.75) is 103 Å². The Balaban J connectivity index is 0.000000179. The minimum atomic E-state index is -1.57. The molecule has 6 N–H and O–H groups in total. The monoisotopic (exact) mass is 1340 g/mol. The van der Waals surface area contributed by atoms with Gasteiger partial charge in [0.25, 0.3) is 0 Å². The van der Waals surface area contributed by atoms with E-state index in [1.54, 1.807) is 11.8 Å². The van der Waals surface area contributed by atoms with Gasteiger partial charge >= 0.3 is 11.9 Å². The number of carboxylic acid groups (broad SMARTS) is 1. The van der Waals surface area contributed by atoms with Gasteiger partial charge in [-0.1, -0.05) is 25.2 Å². The van der Waals surface area contributed by atoms with Gasteiger partial charge in [-0.05, 0) is 55.9 Å². The number of benzene rings is 2. The molecule has 6 fully saturated rings. The number of alkyl halides is 4. The summed E-state index contributed by atoms with van der Waals surface area (Å²) in [6.45, 7) is 8.79. The maximum atomic E-state index is 15.4. The Hall–Kier alpha value is -2.45. The van der Waals surface area contributed by atoms with Crippen LogP contribution in [0.4, 0.5) is 47.8 Å². The average molecular weight is 1340 g/mol. The Morgan fingerprint density at radius 2 is 1.17 bits per heavy atom. The molecule has 2 saturated heterocycles. The minimum Gasteiger partial charge on any atom is -0.696 e. The molecule has 6 aliphatic rings. The van der Waals surface area contributed by atoms with Gasteiger partial charge in [-0.15, -0.1) is 0 Å². The number of aromatic carboxylic acids is 1. The quantitative estimate of drug-likeness (QED) is 0.137. The third-order valence-electron chi connectivity index (χ3n) is 14.3. The zero-order chi connectivity index (χ0) is 45.9. The first-order chi connectivity index (χ1) is 29.5. The fraction of sp³-hybridized carbons (Fsp3) is 0.545.